The second-order valence-corrected chi connectivity index (χ2v) is 5.56. The molecule has 1 atom stereocenters. The molecule has 1 aromatic heterocycles. The molecule has 1 unspecified atom stereocenters. The van der Waals surface area contributed by atoms with Crippen LogP contribution in [-0.2, 0) is 6.42 Å². The number of benzene rings is 1. The number of para-hydroxylation sites is 1. The van der Waals surface area contributed by atoms with Gasteiger partial charge in [-0.3, -0.25) is 4.98 Å². The third-order valence-electron chi connectivity index (χ3n) is 3.66. The number of rotatable bonds is 6. The number of aromatic nitrogens is 1. The maximum atomic E-state index is 9.87. The molecule has 1 heterocycles. The van der Waals surface area contributed by atoms with Gasteiger partial charge in [0.1, 0.15) is 0 Å². The summed E-state index contributed by atoms with van der Waals surface area (Å²) >= 11 is 0. The fourth-order valence-electron chi connectivity index (χ4n) is 2.25. The third-order valence-corrected chi connectivity index (χ3v) is 3.66. The topological polar surface area (TPSA) is 45.1 Å². The predicted octanol–water partition coefficient (Wildman–Crippen LogP) is 3.62. The summed E-state index contributed by atoms with van der Waals surface area (Å²) in [5.74, 6) is 0.303. The van der Waals surface area contributed by atoms with Crippen LogP contribution in [0.5, 0.6) is 0 Å². The average molecular weight is 272 g/mol. The SMILES string of the molecule is CCc1cc(NCCC(O)C(C)C)c2ccccc2n1. The summed E-state index contributed by atoms with van der Waals surface area (Å²) in [7, 11) is 0. The lowest BCUT2D eigenvalue weighted by molar-refractivity contribution is 0.120. The lowest BCUT2D eigenvalue weighted by Crippen LogP contribution is -2.19. The molecule has 2 N–H and O–H groups in total. The van der Waals surface area contributed by atoms with Gasteiger partial charge in [0.15, 0.2) is 0 Å². The largest absolute Gasteiger partial charge is 0.393 e. The van der Waals surface area contributed by atoms with Crippen molar-refractivity contribution in [1.82, 2.24) is 4.98 Å². The Labute approximate surface area is 121 Å². The highest BCUT2D eigenvalue weighted by Crippen LogP contribution is 2.23. The van der Waals surface area contributed by atoms with E-state index in [1.807, 2.05) is 32.0 Å². The Balaban J connectivity index is 2.16. The van der Waals surface area contributed by atoms with Crippen LogP contribution in [0.3, 0.4) is 0 Å². The van der Waals surface area contributed by atoms with Gasteiger partial charge in [0.2, 0.25) is 0 Å². The van der Waals surface area contributed by atoms with E-state index in [1.54, 1.807) is 0 Å². The van der Waals surface area contributed by atoms with E-state index in [0.717, 1.165) is 41.7 Å². The monoisotopic (exact) mass is 272 g/mol. The quantitative estimate of drug-likeness (QED) is 0.844. The molecule has 2 rings (SSSR count). The highest BCUT2D eigenvalue weighted by atomic mass is 16.3. The van der Waals surface area contributed by atoms with Crippen LogP contribution >= 0.6 is 0 Å². The molecule has 2 aromatic rings. The summed E-state index contributed by atoms with van der Waals surface area (Å²) in [5.41, 5.74) is 3.23. The maximum absolute atomic E-state index is 9.87. The molecule has 0 spiro atoms. The van der Waals surface area contributed by atoms with E-state index in [2.05, 4.69) is 29.4 Å². The van der Waals surface area contributed by atoms with E-state index in [9.17, 15) is 5.11 Å². The Morgan fingerprint density at radius 2 is 2.00 bits per heavy atom. The smallest absolute Gasteiger partial charge is 0.0726 e. The molecule has 0 aliphatic heterocycles. The third kappa shape index (κ3) is 3.48. The van der Waals surface area contributed by atoms with Gasteiger partial charge in [0, 0.05) is 23.3 Å². The van der Waals surface area contributed by atoms with Crippen molar-refractivity contribution in [3.05, 3.63) is 36.0 Å². The normalized spacial score (nSPS) is 12.8. The van der Waals surface area contributed by atoms with Gasteiger partial charge in [-0.25, -0.2) is 0 Å². The minimum absolute atomic E-state index is 0.249. The molecule has 3 heteroatoms. The van der Waals surface area contributed by atoms with Crippen LogP contribution in [0, 0.1) is 5.92 Å². The van der Waals surface area contributed by atoms with Gasteiger partial charge < -0.3 is 10.4 Å². The molecule has 0 aliphatic carbocycles. The Hall–Kier alpha value is -1.61. The van der Waals surface area contributed by atoms with Gasteiger partial charge in [-0.05, 0) is 30.9 Å². The van der Waals surface area contributed by atoms with Crippen LogP contribution in [0.2, 0.25) is 0 Å². The second kappa shape index (κ2) is 6.71. The minimum Gasteiger partial charge on any atom is -0.393 e. The highest BCUT2D eigenvalue weighted by molar-refractivity contribution is 5.91. The van der Waals surface area contributed by atoms with E-state index < -0.39 is 0 Å². The van der Waals surface area contributed by atoms with Crippen molar-refractivity contribution in [2.24, 2.45) is 5.92 Å². The Kier molecular flexibility index (Phi) is 4.96. The van der Waals surface area contributed by atoms with E-state index >= 15 is 0 Å². The van der Waals surface area contributed by atoms with Gasteiger partial charge in [-0.2, -0.15) is 0 Å². The Morgan fingerprint density at radius 1 is 1.25 bits per heavy atom. The van der Waals surface area contributed by atoms with Crippen molar-refractivity contribution in [2.45, 2.75) is 39.7 Å². The zero-order chi connectivity index (χ0) is 14.5. The first-order valence-electron chi connectivity index (χ1n) is 7.42. The molecule has 0 fully saturated rings. The summed E-state index contributed by atoms with van der Waals surface area (Å²) in [6.45, 7) is 6.98. The molecular formula is C17H24N2O. The van der Waals surface area contributed by atoms with Crippen molar-refractivity contribution in [3.8, 4) is 0 Å². The summed E-state index contributed by atoms with van der Waals surface area (Å²) in [6, 6.07) is 10.3. The predicted molar refractivity (Wildman–Crippen MR) is 85.1 cm³/mol. The molecule has 108 valence electrons. The average Bonchev–Trinajstić information content (AvgIpc) is 2.46. The number of hydrogen-bond acceptors (Lipinski definition) is 3. The number of nitrogens with one attached hydrogen (secondary N) is 1. The van der Waals surface area contributed by atoms with E-state index in [0.29, 0.717) is 5.92 Å². The lowest BCUT2D eigenvalue weighted by Gasteiger charge is -2.16. The molecular weight excluding hydrogens is 248 g/mol. The Bertz CT molecular complexity index is 566. The second-order valence-electron chi connectivity index (χ2n) is 5.56. The zero-order valence-corrected chi connectivity index (χ0v) is 12.6. The van der Waals surface area contributed by atoms with Crippen molar-refractivity contribution < 1.29 is 5.11 Å². The number of anilines is 1. The molecule has 3 nitrogen and oxygen atoms in total. The standard InChI is InChI=1S/C17H24N2O/c1-4-13-11-16(18-10-9-17(20)12(2)3)14-7-5-6-8-15(14)19-13/h5-8,11-12,17,20H,4,9-10H2,1-3H3,(H,18,19). The molecule has 0 bridgehead atoms. The number of pyridine rings is 1. The maximum Gasteiger partial charge on any atom is 0.0726 e. The van der Waals surface area contributed by atoms with Crippen LogP contribution in [0.1, 0.15) is 32.9 Å². The Morgan fingerprint density at radius 3 is 2.70 bits per heavy atom. The first-order valence-corrected chi connectivity index (χ1v) is 7.42. The molecule has 0 radical (unpaired) electrons. The van der Waals surface area contributed by atoms with E-state index in [-0.39, 0.29) is 6.10 Å². The van der Waals surface area contributed by atoms with Crippen molar-refractivity contribution in [3.63, 3.8) is 0 Å². The fraction of sp³-hybridized carbons (Fsp3) is 0.471. The number of aliphatic hydroxyl groups is 1. The highest BCUT2D eigenvalue weighted by Gasteiger charge is 2.09. The van der Waals surface area contributed by atoms with Crippen LogP contribution < -0.4 is 5.32 Å². The molecule has 0 saturated carbocycles. The van der Waals surface area contributed by atoms with Crippen molar-refractivity contribution >= 4 is 16.6 Å². The van der Waals surface area contributed by atoms with E-state index in [1.165, 1.54) is 0 Å². The lowest BCUT2D eigenvalue weighted by atomic mass is 10.0. The van der Waals surface area contributed by atoms with Gasteiger partial charge >= 0.3 is 0 Å². The van der Waals surface area contributed by atoms with Crippen LogP contribution in [0.4, 0.5) is 5.69 Å². The summed E-state index contributed by atoms with van der Waals surface area (Å²) in [4.78, 5) is 4.64. The van der Waals surface area contributed by atoms with Gasteiger partial charge in [0.25, 0.3) is 0 Å². The van der Waals surface area contributed by atoms with Crippen molar-refractivity contribution in [2.75, 3.05) is 11.9 Å². The fourth-order valence-corrected chi connectivity index (χ4v) is 2.25. The zero-order valence-electron chi connectivity index (χ0n) is 12.6. The molecule has 20 heavy (non-hydrogen) atoms. The van der Waals surface area contributed by atoms with Crippen LogP contribution in [0.25, 0.3) is 10.9 Å². The van der Waals surface area contributed by atoms with Crippen molar-refractivity contribution in [1.29, 1.82) is 0 Å². The number of aryl methyl sites for hydroxylation is 1. The molecule has 1 aromatic carbocycles. The van der Waals surface area contributed by atoms with Gasteiger partial charge in [-0.15, -0.1) is 0 Å². The number of hydrogen-bond donors (Lipinski definition) is 2. The first kappa shape index (κ1) is 14.8. The number of fused-ring (bicyclic) bond motifs is 1. The molecule has 0 amide bonds. The minimum atomic E-state index is -0.249. The molecule has 0 aliphatic rings. The van der Waals surface area contributed by atoms with Crippen LogP contribution in [-0.4, -0.2) is 22.7 Å². The van der Waals surface area contributed by atoms with Crippen LogP contribution in [0.15, 0.2) is 30.3 Å². The summed E-state index contributed by atoms with van der Waals surface area (Å²) < 4.78 is 0. The van der Waals surface area contributed by atoms with E-state index in [4.69, 9.17) is 0 Å². The number of aliphatic hydroxyl groups excluding tert-OH is 1. The molecule has 0 saturated heterocycles. The van der Waals surface area contributed by atoms with Gasteiger partial charge in [0.05, 0.1) is 11.6 Å². The van der Waals surface area contributed by atoms with Gasteiger partial charge in [-0.1, -0.05) is 39.0 Å². The first-order chi connectivity index (χ1) is 9.61. The number of nitrogens with zero attached hydrogens (tertiary/aromatic N) is 1. The summed E-state index contributed by atoms with van der Waals surface area (Å²) in [6.07, 6.45) is 1.44. The summed E-state index contributed by atoms with van der Waals surface area (Å²) in [5, 5.41) is 14.5.